The van der Waals surface area contributed by atoms with Crippen LogP contribution in [0.15, 0.2) is 57.8 Å². The molecule has 2 rings (SSSR count). The number of allylic oxidation sites excluding steroid dienone is 4. The van der Waals surface area contributed by atoms with Crippen molar-refractivity contribution in [2.45, 2.75) is 12.5 Å². The third kappa shape index (κ3) is 3.76. The fourth-order valence-corrected chi connectivity index (χ4v) is 2.64. The fraction of sp³-hybridized carbons (Fsp3) is 0.235. The quantitative estimate of drug-likeness (QED) is 0.805. The smallest absolute Gasteiger partial charge is 0.161 e. The van der Waals surface area contributed by atoms with E-state index in [2.05, 4.69) is 5.73 Å². The molecule has 0 saturated heterocycles. The number of rotatable bonds is 5. The van der Waals surface area contributed by atoms with Gasteiger partial charge in [0.05, 0.1) is 25.4 Å². The highest BCUT2D eigenvalue weighted by Crippen LogP contribution is 2.35. The molecule has 1 aromatic carbocycles. The van der Waals surface area contributed by atoms with Crippen LogP contribution in [0.2, 0.25) is 0 Å². The van der Waals surface area contributed by atoms with Gasteiger partial charge in [-0.2, -0.15) is 0 Å². The van der Waals surface area contributed by atoms with Crippen LogP contribution >= 0.6 is 23.2 Å². The molecule has 1 aliphatic carbocycles. The first-order valence-corrected chi connectivity index (χ1v) is 7.39. The lowest BCUT2D eigenvalue weighted by atomic mass is 10.00. The van der Waals surface area contributed by atoms with Crippen LogP contribution in [0.4, 0.5) is 0 Å². The van der Waals surface area contributed by atoms with Crippen molar-refractivity contribution in [1.82, 2.24) is 0 Å². The van der Waals surface area contributed by atoms with E-state index >= 15 is 0 Å². The van der Waals surface area contributed by atoms with Gasteiger partial charge in [-0.1, -0.05) is 29.3 Å². The number of aliphatic hydroxyl groups is 1. The summed E-state index contributed by atoms with van der Waals surface area (Å²) in [6, 6.07) is 5.27. The van der Waals surface area contributed by atoms with Crippen molar-refractivity contribution < 1.29 is 14.6 Å². The van der Waals surface area contributed by atoms with Crippen molar-refractivity contribution in [2.24, 2.45) is 0 Å². The minimum absolute atomic E-state index is 0.287. The average Bonchev–Trinajstić information content (AvgIpc) is 2.69. The monoisotopic (exact) mass is 338 g/mol. The zero-order chi connectivity index (χ0) is 16.1. The van der Waals surface area contributed by atoms with Crippen LogP contribution in [0.3, 0.4) is 0 Å². The van der Waals surface area contributed by atoms with Gasteiger partial charge in [0, 0.05) is 11.5 Å². The molecule has 5 heteroatoms. The Morgan fingerprint density at radius 2 is 1.91 bits per heavy atom. The molecule has 0 aliphatic heterocycles. The van der Waals surface area contributed by atoms with Gasteiger partial charge in [0.15, 0.2) is 11.5 Å². The Morgan fingerprint density at radius 3 is 2.59 bits per heavy atom. The molecule has 1 atom stereocenters. The molecule has 0 spiro atoms. The summed E-state index contributed by atoms with van der Waals surface area (Å²) in [6.45, 7) is 0. The number of aliphatic hydroxyl groups excluding tert-OH is 1. The molecule has 0 bridgehead atoms. The van der Waals surface area contributed by atoms with Crippen LogP contribution in [-0.2, 0) is 0 Å². The van der Waals surface area contributed by atoms with E-state index in [0.29, 0.717) is 32.7 Å². The fourth-order valence-electron chi connectivity index (χ4n) is 2.11. The topological polar surface area (TPSA) is 38.7 Å². The first-order chi connectivity index (χ1) is 10.6. The Kier molecular flexibility index (Phi) is 5.76. The summed E-state index contributed by atoms with van der Waals surface area (Å²) in [7, 11) is 3.11. The highest BCUT2D eigenvalue weighted by atomic mass is 35.5. The summed E-state index contributed by atoms with van der Waals surface area (Å²) in [5.41, 5.74) is 4.25. The van der Waals surface area contributed by atoms with Crippen LogP contribution in [-0.4, -0.2) is 19.3 Å². The number of hydrogen-bond acceptors (Lipinski definition) is 3. The van der Waals surface area contributed by atoms with Crippen molar-refractivity contribution >= 4 is 23.2 Å². The van der Waals surface area contributed by atoms with Crippen molar-refractivity contribution in [3.63, 3.8) is 0 Å². The van der Waals surface area contributed by atoms with E-state index in [-0.39, 0.29) is 6.42 Å². The lowest BCUT2D eigenvalue weighted by Gasteiger charge is -2.16. The van der Waals surface area contributed by atoms with Gasteiger partial charge < -0.3 is 14.6 Å². The van der Waals surface area contributed by atoms with Crippen molar-refractivity contribution in [2.75, 3.05) is 14.2 Å². The minimum atomic E-state index is -0.766. The molecule has 0 heterocycles. The molecule has 0 amide bonds. The second-order valence-electron chi connectivity index (χ2n) is 4.65. The molecular formula is C17H16Cl2O3. The standard InChI is InChI=1S/C17H16Cl2O3/c1-21-16-8-7-11(9-17(16)22-2)15(20)10-12-13(18)5-3-4-6-14(12)19/h3,5-9,15,20H,10H2,1-2H3. The van der Waals surface area contributed by atoms with Gasteiger partial charge in [0.2, 0.25) is 0 Å². The molecule has 3 nitrogen and oxygen atoms in total. The molecule has 1 aliphatic rings. The van der Waals surface area contributed by atoms with Gasteiger partial charge in [-0.15, -0.1) is 5.73 Å². The molecule has 0 fully saturated rings. The first kappa shape index (κ1) is 16.7. The lowest BCUT2D eigenvalue weighted by Crippen LogP contribution is -2.02. The Bertz CT molecular complexity index is 683. The Morgan fingerprint density at radius 1 is 1.18 bits per heavy atom. The number of halogens is 2. The maximum atomic E-state index is 10.5. The van der Waals surface area contributed by atoms with E-state index < -0.39 is 6.10 Å². The molecule has 0 saturated carbocycles. The van der Waals surface area contributed by atoms with E-state index in [0.717, 1.165) is 0 Å². The van der Waals surface area contributed by atoms with Crippen molar-refractivity contribution in [3.05, 3.63) is 63.4 Å². The molecule has 0 radical (unpaired) electrons. The molecule has 1 N–H and O–H groups in total. The van der Waals surface area contributed by atoms with Gasteiger partial charge >= 0.3 is 0 Å². The van der Waals surface area contributed by atoms with Gasteiger partial charge in [-0.25, -0.2) is 0 Å². The van der Waals surface area contributed by atoms with Crippen LogP contribution in [0, 0.1) is 0 Å². The molecule has 116 valence electrons. The minimum Gasteiger partial charge on any atom is -0.493 e. The normalized spacial score (nSPS) is 15.4. The maximum Gasteiger partial charge on any atom is 0.161 e. The molecule has 1 aromatic rings. The molecule has 0 aromatic heterocycles. The Labute approximate surface area is 139 Å². The SMILES string of the molecule is COc1ccc(C(O)CC2=C(Cl)C=C=CC=C2Cl)cc1OC. The number of methoxy groups -OCH3 is 2. The summed E-state index contributed by atoms with van der Waals surface area (Å²) in [5, 5.41) is 11.4. The van der Waals surface area contributed by atoms with Gasteiger partial charge in [-0.05, 0) is 41.5 Å². The largest absolute Gasteiger partial charge is 0.493 e. The molecular weight excluding hydrogens is 323 g/mol. The van der Waals surface area contributed by atoms with Crippen LogP contribution in [0.25, 0.3) is 0 Å². The number of hydrogen-bond donors (Lipinski definition) is 1. The van der Waals surface area contributed by atoms with E-state index in [1.54, 1.807) is 50.6 Å². The second kappa shape index (κ2) is 7.57. The predicted molar refractivity (Wildman–Crippen MR) is 88.6 cm³/mol. The highest BCUT2D eigenvalue weighted by molar-refractivity contribution is 6.36. The lowest BCUT2D eigenvalue weighted by molar-refractivity contribution is 0.178. The third-order valence-corrected chi connectivity index (χ3v) is 3.99. The summed E-state index contributed by atoms with van der Waals surface area (Å²) in [6.07, 6.45) is 4.53. The van der Waals surface area contributed by atoms with Gasteiger partial charge in [-0.3, -0.25) is 0 Å². The summed E-state index contributed by atoms with van der Waals surface area (Å²) < 4.78 is 10.4. The Hall–Kier alpha value is -1.64. The first-order valence-electron chi connectivity index (χ1n) is 6.64. The maximum absolute atomic E-state index is 10.5. The number of benzene rings is 1. The molecule has 1 unspecified atom stereocenters. The average molecular weight is 339 g/mol. The van der Waals surface area contributed by atoms with E-state index in [1.807, 2.05) is 0 Å². The number of ether oxygens (including phenoxy) is 2. The van der Waals surface area contributed by atoms with E-state index in [4.69, 9.17) is 32.7 Å². The van der Waals surface area contributed by atoms with Gasteiger partial charge in [0.25, 0.3) is 0 Å². The van der Waals surface area contributed by atoms with Gasteiger partial charge in [0.1, 0.15) is 0 Å². The van der Waals surface area contributed by atoms with E-state index in [1.165, 1.54) is 0 Å². The summed E-state index contributed by atoms with van der Waals surface area (Å²) >= 11 is 12.4. The zero-order valence-electron chi connectivity index (χ0n) is 12.3. The third-order valence-electron chi connectivity index (χ3n) is 3.30. The highest BCUT2D eigenvalue weighted by Gasteiger charge is 2.17. The predicted octanol–water partition coefficient (Wildman–Crippen LogP) is 4.47. The second-order valence-corrected chi connectivity index (χ2v) is 5.47. The van der Waals surface area contributed by atoms with Crippen molar-refractivity contribution in [1.29, 1.82) is 0 Å². The van der Waals surface area contributed by atoms with E-state index in [9.17, 15) is 5.11 Å². The molecule has 22 heavy (non-hydrogen) atoms. The zero-order valence-corrected chi connectivity index (χ0v) is 13.8. The van der Waals surface area contributed by atoms with Crippen LogP contribution in [0.5, 0.6) is 11.5 Å². The van der Waals surface area contributed by atoms with Crippen LogP contribution in [0.1, 0.15) is 18.1 Å². The van der Waals surface area contributed by atoms with Crippen LogP contribution < -0.4 is 9.47 Å². The summed E-state index contributed by atoms with van der Waals surface area (Å²) in [4.78, 5) is 0. The van der Waals surface area contributed by atoms with Crippen molar-refractivity contribution in [3.8, 4) is 11.5 Å². The Balaban J connectivity index is 2.26. The summed E-state index contributed by atoms with van der Waals surface area (Å²) in [5.74, 6) is 1.17.